The van der Waals surface area contributed by atoms with E-state index >= 15 is 0 Å². The molecule has 62 heavy (non-hydrogen) atoms. The molecule has 1 aromatic carbocycles. The Hall–Kier alpha value is -3.58. The number of likely N-dealkylation sites (tertiary alicyclic amines) is 1. The molecule has 9 atom stereocenters. The number of epoxide rings is 1. The molecule has 9 rings (SSSR count). The van der Waals surface area contributed by atoms with Crippen LogP contribution in [-0.2, 0) is 38.1 Å². The van der Waals surface area contributed by atoms with Gasteiger partial charge in [0.25, 0.3) is 0 Å². The van der Waals surface area contributed by atoms with Gasteiger partial charge in [0.05, 0.1) is 29.9 Å². The predicted octanol–water partition coefficient (Wildman–Crippen LogP) is 7.21. The van der Waals surface area contributed by atoms with Gasteiger partial charge in [-0.3, -0.25) is 14.4 Å². The normalized spacial score (nSPS) is 34.5. The average Bonchev–Trinajstić information content (AvgIpc) is 4.18. The van der Waals surface area contributed by atoms with Gasteiger partial charge in [0.2, 0.25) is 11.8 Å². The van der Waals surface area contributed by atoms with Gasteiger partial charge in [0.15, 0.2) is 5.79 Å². The van der Waals surface area contributed by atoms with Crippen molar-refractivity contribution in [2.45, 2.75) is 185 Å². The topological polar surface area (TPSA) is 153 Å². The molecule has 12 nitrogen and oxygen atoms in total. The number of amides is 2. The average molecular weight is 857 g/mol. The molecule has 2 N–H and O–H groups in total. The van der Waals surface area contributed by atoms with Crippen molar-refractivity contribution >= 4 is 29.8 Å². The number of aliphatic hydroxyl groups is 1. The third kappa shape index (κ3) is 8.91. The monoisotopic (exact) mass is 856 g/mol. The fraction of sp³-hybridized carbons (Fsp3) is 0.720. The van der Waals surface area contributed by atoms with Crippen LogP contribution in [-0.4, -0.2) is 100 Å². The summed E-state index contributed by atoms with van der Waals surface area (Å²) in [6.45, 7) is 12.5. The van der Waals surface area contributed by atoms with E-state index in [1.165, 1.54) is 18.4 Å². The highest BCUT2D eigenvalue weighted by Gasteiger charge is 2.65. The molecule has 3 heterocycles. The van der Waals surface area contributed by atoms with Gasteiger partial charge in [-0.05, 0) is 146 Å². The van der Waals surface area contributed by atoms with Crippen molar-refractivity contribution in [1.82, 2.24) is 10.2 Å². The summed E-state index contributed by atoms with van der Waals surface area (Å²) in [6.07, 6.45) is 13.7. The van der Waals surface area contributed by atoms with Gasteiger partial charge in [-0.2, -0.15) is 0 Å². The molecule has 8 aliphatic rings. The lowest BCUT2D eigenvalue weighted by Crippen LogP contribution is -2.51. The number of esters is 2. The number of benzene rings is 1. The van der Waals surface area contributed by atoms with Gasteiger partial charge >= 0.3 is 11.9 Å². The summed E-state index contributed by atoms with van der Waals surface area (Å²) in [4.78, 5) is 56.1. The van der Waals surface area contributed by atoms with Gasteiger partial charge in [0.1, 0.15) is 30.0 Å². The van der Waals surface area contributed by atoms with Gasteiger partial charge in [-0.15, -0.1) is 0 Å². The summed E-state index contributed by atoms with van der Waals surface area (Å²) in [5.74, 6) is -0.537. The van der Waals surface area contributed by atoms with Gasteiger partial charge in [-0.1, -0.05) is 37.6 Å². The zero-order valence-corrected chi connectivity index (χ0v) is 37.6. The SMILES string of the molecule is CC(C)(C)OC(=O)CCC(CO)NC(=O)C1CCCN1C(=O)C1=CC2OC(C3CC3)(C3CC3)OC2C(OC(=O)c2ccc(C=C3CCC4OC4(C)CCC4C3CC4(C)C)cc2)C1. The number of allylic oxidation sites excluding steroid dienone is 1. The molecule has 2 amide bonds. The summed E-state index contributed by atoms with van der Waals surface area (Å²) in [6, 6.07) is 6.25. The Morgan fingerprint density at radius 3 is 2.35 bits per heavy atom. The van der Waals surface area contributed by atoms with E-state index in [0.717, 1.165) is 50.5 Å². The van der Waals surface area contributed by atoms with E-state index in [4.69, 9.17) is 23.7 Å². The molecule has 4 saturated carbocycles. The molecule has 1 aromatic rings. The van der Waals surface area contributed by atoms with E-state index in [2.05, 4.69) is 32.2 Å². The summed E-state index contributed by atoms with van der Waals surface area (Å²) >= 11 is 0. The van der Waals surface area contributed by atoms with Crippen LogP contribution in [0, 0.1) is 29.1 Å². The smallest absolute Gasteiger partial charge is 0.338 e. The Labute approximate surface area is 366 Å². The van der Waals surface area contributed by atoms with Crippen LogP contribution < -0.4 is 5.32 Å². The Morgan fingerprint density at radius 1 is 0.968 bits per heavy atom. The molecule has 3 aliphatic heterocycles. The Balaban J connectivity index is 0.889. The largest absolute Gasteiger partial charge is 0.460 e. The van der Waals surface area contributed by atoms with E-state index in [-0.39, 0.29) is 55.1 Å². The van der Waals surface area contributed by atoms with Crippen molar-refractivity contribution in [1.29, 1.82) is 0 Å². The summed E-state index contributed by atoms with van der Waals surface area (Å²) in [5, 5.41) is 12.9. The molecule has 9 unspecified atom stereocenters. The lowest BCUT2D eigenvalue weighted by molar-refractivity contribution is -0.209. The van der Waals surface area contributed by atoms with E-state index in [1.54, 1.807) is 25.7 Å². The number of hydrogen-bond donors (Lipinski definition) is 2. The first-order chi connectivity index (χ1) is 29.4. The van der Waals surface area contributed by atoms with Crippen molar-refractivity contribution < 1.29 is 48.0 Å². The van der Waals surface area contributed by atoms with E-state index in [1.807, 2.05) is 30.3 Å². The standard InChI is InChI=1S/C50H68N2O10/c1-47(2,3)61-42(54)20-18-35(28-53)51-44(55)38-8-7-23-52(38)45(56)32-25-39(43-40(26-32)59-50(62-43,33-14-15-33)34-16-17-34)58-46(57)30-11-9-29(10-12-30)24-31-13-19-41-49(6,60-41)22-21-37-36(31)27-48(37,4)5/h9-12,24,26,33-41,43,53H,7-8,13-23,25,27-28H2,1-6H3,(H,51,55). The number of hydrogen-bond acceptors (Lipinski definition) is 10. The molecule has 338 valence electrons. The number of nitrogens with zero attached hydrogens (tertiary/aromatic N) is 1. The molecule has 7 fully saturated rings. The summed E-state index contributed by atoms with van der Waals surface area (Å²) in [5.41, 5.74) is 3.14. The first-order valence-electron chi connectivity index (χ1n) is 23.6. The maximum absolute atomic E-state index is 14.5. The van der Waals surface area contributed by atoms with Crippen LogP contribution in [0.2, 0.25) is 0 Å². The highest BCUT2D eigenvalue weighted by Crippen LogP contribution is 2.61. The third-order valence-corrected chi connectivity index (χ3v) is 15.3. The molecule has 0 spiro atoms. The zero-order valence-electron chi connectivity index (χ0n) is 37.6. The number of carbonyl (C=O) groups excluding carboxylic acids is 4. The number of carbonyl (C=O) groups is 4. The highest BCUT2D eigenvalue weighted by atomic mass is 16.8. The van der Waals surface area contributed by atoms with Crippen LogP contribution in [0.4, 0.5) is 0 Å². The van der Waals surface area contributed by atoms with E-state index in [0.29, 0.717) is 53.9 Å². The van der Waals surface area contributed by atoms with Crippen LogP contribution in [0.25, 0.3) is 6.08 Å². The molecule has 5 aliphatic carbocycles. The van der Waals surface area contributed by atoms with Gasteiger partial charge in [0, 0.05) is 36.8 Å². The first kappa shape index (κ1) is 43.7. The number of aliphatic hydroxyl groups excluding tert-OH is 1. The van der Waals surface area contributed by atoms with Crippen LogP contribution >= 0.6 is 0 Å². The third-order valence-electron chi connectivity index (χ3n) is 15.3. The van der Waals surface area contributed by atoms with Crippen molar-refractivity contribution in [2.24, 2.45) is 29.1 Å². The number of nitrogens with one attached hydrogen (secondary N) is 1. The Bertz CT molecular complexity index is 1960. The fourth-order valence-corrected chi connectivity index (χ4v) is 11.6. The fourth-order valence-electron chi connectivity index (χ4n) is 11.6. The van der Waals surface area contributed by atoms with Gasteiger partial charge < -0.3 is 39.0 Å². The molecule has 12 heteroatoms. The minimum atomic E-state index is -0.771. The second kappa shape index (κ2) is 16.4. The second-order valence-electron chi connectivity index (χ2n) is 21.7. The lowest BCUT2D eigenvalue weighted by atomic mass is 9.52. The minimum absolute atomic E-state index is 0.0349. The van der Waals surface area contributed by atoms with Crippen LogP contribution in [0.15, 0.2) is 41.5 Å². The van der Waals surface area contributed by atoms with Crippen molar-refractivity contribution in [3.8, 4) is 0 Å². The minimum Gasteiger partial charge on any atom is -0.460 e. The van der Waals surface area contributed by atoms with Crippen LogP contribution in [0.1, 0.15) is 147 Å². The van der Waals surface area contributed by atoms with Crippen molar-refractivity contribution in [3.05, 3.63) is 52.6 Å². The molecule has 3 saturated heterocycles. The number of fused-ring (bicyclic) bond motifs is 3. The second-order valence-corrected chi connectivity index (χ2v) is 21.7. The molecular weight excluding hydrogens is 789 g/mol. The number of ether oxygens (including phenoxy) is 5. The Kier molecular flexibility index (Phi) is 11.6. The quantitative estimate of drug-likeness (QED) is 0.163. The van der Waals surface area contributed by atoms with Crippen molar-refractivity contribution in [2.75, 3.05) is 13.2 Å². The predicted molar refractivity (Wildman–Crippen MR) is 230 cm³/mol. The van der Waals surface area contributed by atoms with E-state index in [9.17, 15) is 24.3 Å². The molecule has 0 radical (unpaired) electrons. The van der Waals surface area contributed by atoms with E-state index < -0.39 is 53.7 Å². The highest BCUT2D eigenvalue weighted by molar-refractivity contribution is 5.98. The molecule has 0 aromatic heterocycles. The lowest BCUT2D eigenvalue weighted by Gasteiger charge is -2.53. The van der Waals surface area contributed by atoms with Crippen molar-refractivity contribution in [3.63, 3.8) is 0 Å². The maximum Gasteiger partial charge on any atom is 0.338 e. The number of rotatable bonds is 12. The summed E-state index contributed by atoms with van der Waals surface area (Å²) < 4.78 is 31.6. The maximum atomic E-state index is 14.5. The van der Waals surface area contributed by atoms with Crippen LogP contribution in [0.3, 0.4) is 0 Å². The Morgan fingerprint density at radius 2 is 1.69 bits per heavy atom. The molecular formula is C50H68N2O10. The molecule has 0 bridgehead atoms. The first-order valence-corrected chi connectivity index (χ1v) is 23.6. The van der Waals surface area contributed by atoms with Crippen LogP contribution in [0.5, 0.6) is 0 Å². The van der Waals surface area contributed by atoms with Gasteiger partial charge in [-0.25, -0.2) is 4.79 Å². The zero-order chi connectivity index (χ0) is 43.8. The summed E-state index contributed by atoms with van der Waals surface area (Å²) in [7, 11) is 0.